The van der Waals surface area contributed by atoms with Crippen molar-refractivity contribution < 1.29 is 14.5 Å². The number of non-ortho nitro benzene ring substituents is 1. The van der Waals surface area contributed by atoms with Crippen LogP contribution in [0.25, 0.3) is 0 Å². The first-order chi connectivity index (χ1) is 11.0. The molecule has 0 aliphatic carbocycles. The van der Waals surface area contributed by atoms with Crippen LogP contribution in [0.4, 0.5) is 11.4 Å². The Kier molecular flexibility index (Phi) is 5.09. The molecule has 0 atom stereocenters. The van der Waals surface area contributed by atoms with Gasteiger partial charge in [0, 0.05) is 17.7 Å². The molecule has 0 aromatic heterocycles. The summed E-state index contributed by atoms with van der Waals surface area (Å²) in [7, 11) is 0. The molecule has 118 valence electrons. The van der Waals surface area contributed by atoms with Crippen molar-refractivity contribution in [1.29, 1.82) is 0 Å². The fraction of sp³-hybridized carbons (Fsp3) is 0.118. The number of carbonyl (C=O) groups excluding carboxylic acids is 1. The standard InChI is InChI=1S/C17H16N2O4/c1-12(2)11-23-16-9-4-3-8-15(16)18-17(20)13-6-5-7-14(10-13)19(21)22/h3-10H,1,11H2,2H3,(H,18,20). The van der Waals surface area contributed by atoms with E-state index in [0.29, 0.717) is 18.0 Å². The Bertz CT molecular complexity index is 756. The molecule has 0 unspecified atom stereocenters. The third-order valence-corrected chi connectivity index (χ3v) is 2.93. The maximum absolute atomic E-state index is 12.3. The number of nitro groups is 1. The summed E-state index contributed by atoms with van der Waals surface area (Å²) in [6.07, 6.45) is 0. The summed E-state index contributed by atoms with van der Waals surface area (Å²) in [5.41, 5.74) is 1.41. The predicted molar refractivity (Wildman–Crippen MR) is 87.8 cm³/mol. The molecule has 0 heterocycles. The normalized spacial score (nSPS) is 9.96. The fourth-order valence-electron chi connectivity index (χ4n) is 1.85. The molecule has 0 bridgehead atoms. The summed E-state index contributed by atoms with van der Waals surface area (Å²) in [4.78, 5) is 22.5. The molecule has 0 aliphatic rings. The molecule has 0 saturated heterocycles. The third-order valence-electron chi connectivity index (χ3n) is 2.93. The molecule has 0 spiro atoms. The summed E-state index contributed by atoms with van der Waals surface area (Å²) in [5, 5.41) is 13.5. The zero-order valence-electron chi connectivity index (χ0n) is 12.6. The largest absolute Gasteiger partial charge is 0.487 e. The van der Waals surface area contributed by atoms with Crippen LogP contribution >= 0.6 is 0 Å². The van der Waals surface area contributed by atoms with E-state index < -0.39 is 10.8 Å². The Balaban J connectivity index is 2.18. The molecule has 6 heteroatoms. The minimum absolute atomic E-state index is 0.135. The van der Waals surface area contributed by atoms with Gasteiger partial charge in [-0.05, 0) is 30.7 Å². The average molecular weight is 312 g/mol. The number of hydrogen-bond acceptors (Lipinski definition) is 4. The van der Waals surface area contributed by atoms with Gasteiger partial charge in [-0.25, -0.2) is 0 Å². The quantitative estimate of drug-likeness (QED) is 0.499. The van der Waals surface area contributed by atoms with Crippen LogP contribution in [0.2, 0.25) is 0 Å². The van der Waals surface area contributed by atoms with Gasteiger partial charge in [0.05, 0.1) is 10.6 Å². The minimum atomic E-state index is -0.541. The van der Waals surface area contributed by atoms with Crippen LogP contribution in [0.3, 0.4) is 0 Å². The van der Waals surface area contributed by atoms with Crippen molar-refractivity contribution in [1.82, 2.24) is 0 Å². The van der Waals surface area contributed by atoms with Crippen LogP contribution in [0.15, 0.2) is 60.7 Å². The Morgan fingerprint density at radius 3 is 2.70 bits per heavy atom. The van der Waals surface area contributed by atoms with E-state index in [9.17, 15) is 14.9 Å². The molecule has 0 aliphatic heterocycles. The molecule has 0 radical (unpaired) electrons. The molecule has 0 saturated carbocycles. The molecule has 2 aromatic rings. The molecule has 1 N–H and O–H groups in total. The number of anilines is 1. The molecular formula is C17H16N2O4. The Labute approximate surface area is 133 Å². The van der Waals surface area contributed by atoms with Crippen LogP contribution in [0, 0.1) is 10.1 Å². The van der Waals surface area contributed by atoms with Gasteiger partial charge in [-0.3, -0.25) is 14.9 Å². The lowest BCUT2D eigenvalue weighted by Crippen LogP contribution is -2.13. The Morgan fingerprint density at radius 2 is 2.00 bits per heavy atom. The second-order valence-corrected chi connectivity index (χ2v) is 5.00. The summed E-state index contributed by atoms with van der Waals surface area (Å²) in [6, 6.07) is 12.5. The summed E-state index contributed by atoms with van der Waals surface area (Å²) < 4.78 is 5.57. The van der Waals surface area contributed by atoms with E-state index >= 15 is 0 Å². The first-order valence-corrected chi connectivity index (χ1v) is 6.89. The van der Waals surface area contributed by atoms with Crippen molar-refractivity contribution in [3.8, 4) is 5.75 Å². The smallest absolute Gasteiger partial charge is 0.270 e. The van der Waals surface area contributed by atoms with E-state index in [-0.39, 0.29) is 11.3 Å². The molecular weight excluding hydrogens is 296 g/mol. The number of nitrogens with one attached hydrogen (secondary N) is 1. The molecule has 1 amide bonds. The highest BCUT2D eigenvalue weighted by Crippen LogP contribution is 2.25. The topological polar surface area (TPSA) is 81.5 Å². The van der Waals surface area contributed by atoms with Gasteiger partial charge < -0.3 is 10.1 Å². The van der Waals surface area contributed by atoms with Crippen molar-refractivity contribution in [2.75, 3.05) is 11.9 Å². The minimum Gasteiger partial charge on any atom is -0.487 e. The van der Waals surface area contributed by atoms with Gasteiger partial charge in [-0.15, -0.1) is 0 Å². The van der Waals surface area contributed by atoms with Crippen LogP contribution in [-0.4, -0.2) is 17.4 Å². The van der Waals surface area contributed by atoms with Gasteiger partial charge in [-0.2, -0.15) is 0 Å². The highest BCUT2D eigenvalue weighted by atomic mass is 16.6. The van der Waals surface area contributed by atoms with Crippen molar-refractivity contribution in [3.05, 3.63) is 76.4 Å². The zero-order valence-corrected chi connectivity index (χ0v) is 12.6. The van der Waals surface area contributed by atoms with E-state index in [0.717, 1.165) is 5.57 Å². The Hall–Kier alpha value is -3.15. The summed E-state index contributed by atoms with van der Waals surface area (Å²) in [6.45, 7) is 5.93. The average Bonchev–Trinajstić information content (AvgIpc) is 2.54. The number of nitro benzene ring substituents is 1. The number of nitrogens with zero attached hydrogens (tertiary/aromatic N) is 1. The summed E-state index contributed by atoms with van der Waals surface area (Å²) >= 11 is 0. The zero-order chi connectivity index (χ0) is 16.8. The number of benzene rings is 2. The number of para-hydroxylation sites is 2. The number of rotatable bonds is 6. The van der Waals surface area contributed by atoms with E-state index in [2.05, 4.69) is 11.9 Å². The van der Waals surface area contributed by atoms with Crippen molar-refractivity contribution in [2.24, 2.45) is 0 Å². The van der Waals surface area contributed by atoms with E-state index in [1.165, 1.54) is 24.3 Å². The van der Waals surface area contributed by atoms with Crippen LogP contribution < -0.4 is 10.1 Å². The van der Waals surface area contributed by atoms with Crippen molar-refractivity contribution in [2.45, 2.75) is 6.92 Å². The molecule has 2 rings (SSSR count). The lowest BCUT2D eigenvalue weighted by Gasteiger charge is -2.12. The molecule has 0 fully saturated rings. The van der Waals surface area contributed by atoms with Gasteiger partial charge in [0.15, 0.2) is 0 Å². The highest BCUT2D eigenvalue weighted by Gasteiger charge is 2.13. The molecule has 2 aromatic carbocycles. The van der Waals surface area contributed by atoms with Crippen molar-refractivity contribution >= 4 is 17.3 Å². The van der Waals surface area contributed by atoms with E-state index in [1.807, 2.05) is 6.92 Å². The van der Waals surface area contributed by atoms with E-state index in [4.69, 9.17) is 4.74 Å². The number of amides is 1. The van der Waals surface area contributed by atoms with Crippen molar-refractivity contribution in [3.63, 3.8) is 0 Å². The van der Waals surface area contributed by atoms with Gasteiger partial charge >= 0.3 is 0 Å². The monoisotopic (exact) mass is 312 g/mol. The van der Waals surface area contributed by atoms with Gasteiger partial charge in [0.1, 0.15) is 12.4 Å². The van der Waals surface area contributed by atoms with Crippen LogP contribution in [0.5, 0.6) is 5.75 Å². The first-order valence-electron chi connectivity index (χ1n) is 6.89. The number of ether oxygens (including phenoxy) is 1. The lowest BCUT2D eigenvalue weighted by atomic mass is 10.2. The molecule has 6 nitrogen and oxygen atoms in total. The maximum atomic E-state index is 12.3. The second-order valence-electron chi connectivity index (χ2n) is 5.00. The lowest BCUT2D eigenvalue weighted by molar-refractivity contribution is -0.384. The second kappa shape index (κ2) is 7.22. The van der Waals surface area contributed by atoms with Crippen LogP contribution in [0.1, 0.15) is 17.3 Å². The van der Waals surface area contributed by atoms with Crippen LogP contribution in [-0.2, 0) is 0 Å². The SMILES string of the molecule is C=C(C)COc1ccccc1NC(=O)c1cccc([N+](=O)[O-])c1. The van der Waals surface area contributed by atoms with Gasteiger partial charge in [-0.1, -0.05) is 24.8 Å². The molecule has 23 heavy (non-hydrogen) atoms. The predicted octanol–water partition coefficient (Wildman–Crippen LogP) is 3.80. The van der Waals surface area contributed by atoms with Gasteiger partial charge in [0.2, 0.25) is 0 Å². The van der Waals surface area contributed by atoms with Gasteiger partial charge in [0.25, 0.3) is 11.6 Å². The third kappa shape index (κ3) is 4.41. The number of hydrogen-bond donors (Lipinski definition) is 1. The Morgan fingerprint density at radius 1 is 1.26 bits per heavy atom. The first kappa shape index (κ1) is 16.2. The van der Waals surface area contributed by atoms with E-state index in [1.54, 1.807) is 24.3 Å². The highest BCUT2D eigenvalue weighted by molar-refractivity contribution is 6.05. The fourth-order valence-corrected chi connectivity index (χ4v) is 1.85. The summed E-state index contributed by atoms with van der Waals surface area (Å²) in [5.74, 6) is 0.0642. The maximum Gasteiger partial charge on any atom is 0.270 e. The number of carbonyl (C=O) groups is 1.